The monoisotopic (exact) mass is 310 g/mol. The molecule has 0 bridgehead atoms. The molecule has 0 N–H and O–H groups in total. The van der Waals surface area contributed by atoms with Crippen molar-refractivity contribution in [3.63, 3.8) is 0 Å². The van der Waals surface area contributed by atoms with Crippen molar-refractivity contribution in [3.8, 4) is 5.75 Å². The molecule has 86 valence electrons. The van der Waals surface area contributed by atoms with Gasteiger partial charge in [0, 0.05) is 9.86 Å². The minimum Gasteiger partial charge on any atom is -0.495 e. The molecule has 3 aromatic rings. The smallest absolute Gasteiger partial charge is 0.138 e. The van der Waals surface area contributed by atoms with Crippen molar-refractivity contribution in [2.24, 2.45) is 0 Å². The van der Waals surface area contributed by atoms with Gasteiger partial charge in [-0.2, -0.15) is 0 Å². The Labute approximate surface area is 111 Å². The van der Waals surface area contributed by atoms with Gasteiger partial charge in [0.2, 0.25) is 0 Å². The van der Waals surface area contributed by atoms with Gasteiger partial charge in [0.1, 0.15) is 16.9 Å². The zero-order valence-corrected chi connectivity index (χ0v) is 11.3. The maximum absolute atomic E-state index is 6.33. The number of hydrogen-bond acceptors (Lipinski definition) is 2. The Kier molecular flexibility index (Phi) is 2.53. The molecule has 0 saturated carbocycles. The van der Waals surface area contributed by atoms with Gasteiger partial charge in [-0.15, -0.1) is 0 Å². The molecule has 0 radical (unpaired) electrons. The van der Waals surface area contributed by atoms with Crippen LogP contribution in [0, 0.1) is 0 Å². The molecule has 1 heterocycles. The van der Waals surface area contributed by atoms with E-state index in [2.05, 4.69) is 15.9 Å². The molecule has 0 aliphatic carbocycles. The summed E-state index contributed by atoms with van der Waals surface area (Å²) >= 11 is 9.85. The standard InChI is InChI=1S/C13H8BrClO2/c1-16-10-6-5-9-12(13(10)15)11-7(14)3-2-4-8(11)17-9/h2-6H,1H3. The summed E-state index contributed by atoms with van der Waals surface area (Å²) in [6, 6.07) is 9.49. The fourth-order valence-corrected chi connectivity index (χ4v) is 2.84. The molecule has 0 amide bonds. The average Bonchev–Trinajstić information content (AvgIpc) is 2.70. The third-order valence-electron chi connectivity index (χ3n) is 2.73. The SMILES string of the molecule is COc1ccc2oc3cccc(Br)c3c2c1Cl. The maximum Gasteiger partial charge on any atom is 0.138 e. The van der Waals surface area contributed by atoms with E-state index in [4.69, 9.17) is 20.8 Å². The summed E-state index contributed by atoms with van der Waals surface area (Å²) < 4.78 is 11.9. The van der Waals surface area contributed by atoms with Gasteiger partial charge in [-0.05, 0) is 24.3 Å². The molecule has 0 saturated heterocycles. The molecule has 0 aliphatic heterocycles. The van der Waals surface area contributed by atoms with Gasteiger partial charge in [-0.1, -0.05) is 33.6 Å². The number of rotatable bonds is 1. The fraction of sp³-hybridized carbons (Fsp3) is 0.0769. The summed E-state index contributed by atoms with van der Waals surface area (Å²) in [4.78, 5) is 0. The molecule has 0 fully saturated rings. The third kappa shape index (κ3) is 1.53. The summed E-state index contributed by atoms with van der Waals surface area (Å²) in [7, 11) is 1.60. The number of ether oxygens (including phenoxy) is 1. The van der Waals surface area contributed by atoms with Gasteiger partial charge in [-0.3, -0.25) is 0 Å². The summed E-state index contributed by atoms with van der Waals surface area (Å²) in [5, 5.41) is 2.44. The quantitative estimate of drug-likeness (QED) is 0.630. The fourth-order valence-electron chi connectivity index (χ4n) is 1.97. The number of fused-ring (bicyclic) bond motifs is 3. The summed E-state index contributed by atoms with van der Waals surface area (Å²) in [6.45, 7) is 0. The van der Waals surface area contributed by atoms with Crippen molar-refractivity contribution in [1.82, 2.24) is 0 Å². The minimum atomic E-state index is 0.579. The van der Waals surface area contributed by atoms with Crippen molar-refractivity contribution >= 4 is 49.5 Å². The molecule has 0 atom stereocenters. The van der Waals surface area contributed by atoms with Crippen molar-refractivity contribution in [2.45, 2.75) is 0 Å². The first-order valence-corrected chi connectivity index (χ1v) is 6.22. The van der Waals surface area contributed by atoms with Crippen molar-refractivity contribution < 1.29 is 9.15 Å². The van der Waals surface area contributed by atoms with Crippen LogP contribution in [-0.2, 0) is 0 Å². The highest BCUT2D eigenvalue weighted by Gasteiger charge is 2.15. The first kappa shape index (κ1) is 10.9. The number of halogens is 2. The van der Waals surface area contributed by atoms with E-state index in [0.717, 1.165) is 26.4 Å². The van der Waals surface area contributed by atoms with E-state index in [1.54, 1.807) is 13.2 Å². The summed E-state index contributed by atoms with van der Waals surface area (Å²) in [6.07, 6.45) is 0. The normalized spacial score (nSPS) is 11.2. The van der Waals surface area contributed by atoms with Gasteiger partial charge < -0.3 is 9.15 Å². The first-order chi connectivity index (χ1) is 8.22. The Bertz CT molecular complexity index is 718. The first-order valence-electron chi connectivity index (χ1n) is 5.05. The highest BCUT2D eigenvalue weighted by Crippen LogP contribution is 2.41. The predicted molar refractivity (Wildman–Crippen MR) is 73.0 cm³/mol. The van der Waals surface area contributed by atoms with Gasteiger partial charge in [0.05, 0.1) is 17.5 Å². The summed E-state index contributed by atoms with van der Waals surface area (Å²) in [5.74, 6) is 0.651. The zero-order valence-electron chi connectivity index (χ0n) is 8.96. The van der Waals surface area contributed by atoms with Crippen LogP contribution in [0.2, 0.25) is 5.02 Å². The largest absolute Gasteiger partial charge is 0.495 e. The Hall–Kier alpha value is -1.19. The zero-order chi connectivity index (χ0) is 12.0. The van der Waals surface area contributed by atoms with Crippen molar-refractivity contribution in [3.05, 3.63) is 39.8 Å². The second kappa shape index (κ2) is 3.93. The Morgan fingerprint density at radius 3 is 2.65 bits per heavy atom. The van der Waals surface area contributed by atoms with E-state index in [1.165, 1.54) is 0 Å². The van der Waals surface area contributed by atoms with Gasteiger partial charge in [0.15, 0.2) is 0 Å². The lowest BCUT2D eigenvalue weighted by Gasteiger charge is -2.03. The highest BCUT2D eigenvalue weighted by atomic mass is 79.9. The minimum absolute atomic E-state index is 0.579. The second-order valence-corrected chi connectivity index (χ2v) is 4.90. The van der Waals surface area contributed by atoms with Crippen molar-refractivity contribution in [2.75, 3.05) is 7.11 Å². The number of methoxy groups -OCH3 is 1. The number of furan rings is 1. The molecule has 0 spiro atoms. The molecular weight excluding hydrogens is 303 g/mol. The number of benzene rings is 2. The molecule has 4 heteroatoms. The Morgan fingerprint density at radius 1 is 1.12 bits per heavy atom. The van der Waals surface area contributed by atoms with Crippen LogP contribution in [-0.4, -0.2) is 7.11 Å². The second-order valence-electron chi connectivity index (χ2n) is 3.67. The van der Waals surface area contributed by atoms with Gasteiger partial charge >= 0.3 is 0 Å². The van der Waals surface area contributed by atoms with E-state index in [9.17, 15) is 0 Å². The molecule has 0 aliphatic rings. The third-order valence-corrected chi connectivity index (χ3v) is 3.77. The topological polar surface area (TPSA) is 22.4 Å². The van der Waals surface area contributed by atoms with E-state index in [0.29, 0.717) is 10.8 Å². The van der Waals surface area contributed by atoms with E-state index in [-0.39, 0.29) is 0 Å². The molecule has 17 heavy (non-hydrogen) atoms. The van der Waals surface area contributed by atoms with Crippen LogP contribution in [0.15, 0.2) is 39.2 Å². The lowest BCUT2D eigenvalue weighted by Crippen LogP contribution is -1.83. The highest BCUT2D eigenvalue weighted by molar-refractivity contribution is 9.10. The van der Waals surface area contributed by atoms with Crippen LogP contribution in [0.5, 0.6) is 5.75 Å². The predicted octanol–water partition coefficient (Wildman–Crippen LogP) is 5.01. The molecule has 0 unspecified atom stereocenters. The van der Waals surface area contributed by atoms with E-state index < -0.39 is 0 Å². The Morgan fingerprint density at radius 2 is 1.88 bits per heavy atom. The Balaban J connectivity index is 2.57. The van der Waals surface area contributed by atoms with Crippen molar-refractivity contribution in [1.29, 1.82) is 0 Å². The number of hydrogen-bond donors (Lipinski definition) is 0. The molecular formula is C13H8BrClO2. The lowest BCUT2D eigenvalue weighted by molar-refractivity contribution is 0.415. The van der Waals surface area contributed by atoms with E-state index >= 15 is 0 Å². The van der Waals surface area contributed by atoms with Gasteiger partial charge in [-0.25, -0.2) is 0 Å². The maximum atomic E-state index is 6.33. The molecule has 2 nitrogen and oxygen atoms in total. The van der Waals surface area contributed by atoms with Crippen LogP contribution in [0.25, 0.3) is 21.9 Å². The molecule has 2 aromatic carbocycles. The molecule has 1 aromatic heterocycles. The van der Waals surface area contributed by atoms with Crippen LogP contribution < -0.4 is 4.74 Å². The average molecular weight is 312 g/mol. The summed E-state index contributed by atoms with van der Waals surface area (Å²) in [5.41, 5.74) is 1.57. The van der Waals surface area contributed by atoms with Crippen LogP contribution in [0.3, 0.4) is 0 Å². The van der Waals surface area contributed by atoms with Crippen LogP contribution >= 0.6 is 27.5 Å². The van der Waals surface area contributed by atoms with E-state index in [1.807, 2.05) is 24.3 Å². The van der Waals surface area contributed by atoms with Crippen LogP contribution in [0.4, 0.5) is 0 Å². The van der Waals surface area contributed by atoms with Gasteiger partial charge in [0.25, 0.3) is 0 Å². The molecule has 3 rings (SSSR count). The lowest BCUT2D eigenvalue weighted by atomic mass is 10.1. The van der Waals surface area contributed by atoms with Crippen LogP contribution in [0.1, 0.15) is 0 Å².